The molecule has 0 saturated carbocycles. The van der Waals surface area contributed by atoms with Crippen LogP contribution in [0.2, 0.25) is 0 Å². The molecular weight excluding hydrogens is 586 g/mol. The fourth-order valence-electron chi connectivity index (χ4n) is 3.08. The van der Waals surface area contributed by atoms with Gasteiger partial charge in [-0.3, -0.25) is 0 Å². The van der Waals surface area contributed by atoms with Crippen LogP contribution in [0.15, 0.2) is 0 Å². The highest BCUT2D eigenvalue weighted by molar-refractivity contribution is 4.50. The maximum absolute atomic E-state index is 8.58. The summed E-state index contributed by atoms with van der Waals surface area (Å²) in [5.74, 6) is 0. The van der Waals surface area contributed by atoms with Crippen LogP contribution in [-0.2, 0) is 56.8 Å². The van der Waals surface area contributed by atoms with E-state index in [-0.39, 0.29) is 13.2 Å². The SMILES string of the molecule is CN(CCOCCOCCOCCOCCOCCO)CCOCCOCCOCCOCCOCCOCCOCCO. The first-order valence-electron chi connectivity index (χ1n) is 15.6. The van der Waals surface area contributed by atoms with Crippen molar-refractivity contribution >= 4 is 0 Å². The van der Waals surface area contributed by atoms with E-state index in [1.165, 1.54) is 0 Å². The van der Waals surface area contributed by atoms with E-state index in [0.29, 0.717) is 159 Å². The van der Waals surface area contributed by atoms with E-state index < -0.39 is 0 Å². The van der Waals surface area contributed by atoms with Gasteiger partial charge in [-0.2, -0.15) is 0 Å². The molecule has 2 N–H and O–H groups in total. The second kappa shape index (κ2) is 40.4. The van der Waals surface area contributed by atoms with Crippen molar-refractivity contribution in [2.45, 2.75) is 0 Å². The van der Waals surface area contributed by atoms with E-state index >= 15 is 0 Å². The zero-order chi connectivity index (χ0) is 31.9. The van der Waals surface area contributed by atoms with Crippen LogP contribution in [0.5, 0.6) is 0 Å². The van der Waals surface area contributed by atoms with Crippen molar-refractivity contribution in [1.29, 1.82) is 0 Å². The van der Waals surface area contributed by atoms with Gasteiger partial charge in [-0.25, -0.2) is 0 Å². The molecule has 0 spiro atoms. The van der Waals surface area contributed by atoms with Crippen LogP contribution in [0.1, 0.15) is 0 Å². The Hall–Kier alpha value is -0.600. The van der Waals surface area contributed by atoms with Gasteiger partial charge in [-0.15, -0.1) is 0 Å². The lowest BCUT2D eigenvalue weighted by molar-refractivity contribution is -0.0221. The van der Waals surface area contributed by atoms with Gasteiger partial charge in [-0.05, 0) is 7.05 Å². The molecule has 0 aliphatic carbocycles. The van der Waals surface area contributed by atoms with Crippen LogP contribution in [0.3, 0.4) is 0 Å². The van der Waals surface area contributed by atoms with Crippen LogP contribution in [0, 0.1) is 0 Å². The Bertz CT molecular complexity index is 513. The molecule has 0 aromatic heterocycles. The number of hydrogen-bond donors (Lipinski definition) is 2. The van der Waals surface area contributed by atoms with Gasteiger partial charge in [0.25, 0.3) is 0 Å². The van der Waals surface area contributed by atoms with E-state index in [0.717, 1.165) is 13.1 Å². The molecule has 0 unspecified atom stereocenters. The quantitative estimate of drug-likeness (QED) is 0.0789. The fourth-order valence-corrected chi connectivity index (χ4v) is 3.08. The molecule has 0 atom stereocenters. The van der Waals surface area contributed by atoms with Crippen LogP contribution in [0.4, 0.5) is 0 Å². The van der Waals surface area contributed by atoms with E-state index in [4.69, 9.17) is 67.1 Å². The third kappa shape index (κ3) is 39.4. The summed E-state index contributed by atoms with van der Waals surface area (Å²) in [6.07, 6.45) is 0. The lowest BCUT2D eigenvalue weighted by atomic mass is 10.5. The second-order valence-corrected chi connectivity index (χ2v) is 9.10. The minimum atomic E-state index is 0.0252. The monoisotopic (exact) mass is 647 g/mol. The second-order valence-electron chi connectivity index (χ2n) is 9.10. The summed E-state index contributed by atoms with van der Waals surface area (Å²) in [6, 6.07) is 0. The van der Waals surface area contributed by atoms with Gasteiger partial charge in [0.15, 0.2) is 0 Å². The number of aliphatic hydroxyl groups is 2. The number of nitrogens with zero attached hydrogens (tertiary/aromatic N) is 1. The normalized spacial score (nSPS) is 11.7. The van der Waals surface area contributed by atoms with Crippen molar-refractivity contribution < 1.29 is 67.1 Å². The molecule has 0 amide bonds. The average Bonchev–Trinajstić information content (AvgIpc) is 3.03. The molecule has 0 saturated heterocycles. The molecule has 0 aromatic carbocycles. The number of aliphatic hydroxyl groups excluding tert-OH is 2. The third-order valence-corrected chi connectivity index (χ3v) is 5.43. The predicted molar refractivity (Wildman–Crippen MR) is 161 cm³/mol. The molecule has 0 rings (SSSR count). The van der Waals surface area contributed by atoms with Crippen molar-refractivity contribution in [2.24, 2.45) is 0 Å². The van der Waals surface area contributed by atoms with Crippen molar-refractivity contribution in [3.63, 3.8) is 0 Å². The van der Waals surface area contributed by atoms with Crippen LogP contribution in [0.25, 0.3) is 0 Å². The van der Waals surface area contributed by atoms with Crippen molar-refractivity contribution in [2.75, 3.05) is 192 Å². The van der Waals surface area contributed by atoms with Gasteiger partial charge >= 0.3 is 0 Å². The van der Waals surface area contributed by atoms with E-state index in [2.05, 4.69) is 4.90 Å². The topological polar surface area (TPSA) is 154 Å². The van der Waals surface area contributed by atoms with Gasteiger partial charge in [0.2, 0.25) is 0 Å². The Kier molecular flexibility index (Phi) is 39.9. The summed E-state index contributed by atoms with van der Waals surface area (Å²) in [7, 11) is 2.04. The highest BCUT2D eigenvalue weighted by Crippen LogP contribution is 1.89. The molecule has 266 valence electrons. The molecular formula is C29H61NO14. The number of ether oxygens (including phenoxy) is 12. The van der Waals surface area contributed by atoms with Crippen molar-refractivity contribution in [1.82, 2.24) is 4.90 Å². The summed E-state index contributed by atoms with van der Waals surface area (Å²) < 4.78 is 64.8. The first-order valence-corrected chi connectivity index (χ1v) is 15.6. The minimum absolute atomic E-state index is 0.0252. The molecule has 0 radical (unpaired) electrons. The predicted octanol–water partition coefficient (Wildman–Crippen LogP) is -0.898. The summed E-state index contributed by atoms with van der Waals surface area (Å²) in [4.78, 5) is 2.16. The fraction of sp³-hybridized carbons (Fsp3) is 1.00. The van der Waals surface area contributed by atoms with Gasteiger partial charge in [0.05, 0.1) is 172 Å². The Morgan fingerprint density at radius 2 is 0.432 bits per heavy atom. The zero-order valence-electron chi connectivity index (χ0n) is 27.0. The number of likely N-dealkylation sites (N-methyl/N-ethyl adjacent to an activating group) is 1. The largest absolute Gasteiger partial charge is 0.394 e. The Morgan fingerprint density at radius 1 is 0.273 bits per heavy atom. The highest BCUT2D eigenvalue weighted by Gasteiger charge is 2.00. The highest BCUT2D eigenvalue weighted by atomic mass is 16.6. The van der Waals surface area contributed by atoms with Crippen LogP contribution >= 0.6 is 0 Å². The summed E-state index contributed by atoms with van der Waals surface area (Å²) in [5, 5.41) is 17.2. The van der Waals surface area contributed by atoms with Gasteiger partial charge < -0.3 is 72.0 Å². The molecule has 15 heteroatoms. The van der Waals surface area contributed by atoms with E-state index in [9.17, 15) is 0 Å². The molecule has 0 aromatic rings. The van der Waals surface area contributed by atoms with Crippen LogP contribution < -0.4 is 0 Å². The van der Waals surface area contributed by atoms with Crippen LogP contribution in [-0.4, -0.2) is 207 Å². The molecule has 0 aliphatic rings. The number of hydrogen-bond acceptors (Lipinski definition) is 15. The van der Waals surface area contributed by atoms with E-state index in [1.807, 2.05) is 7.05 Å². The summed E-state index contributed by atoms with van der Waals surface area (Å²) in [6.45, 7) is 13.9. The third-order valence-electron chi connectivity index (χ3n) is 5.43. The molecule has 0 aliphatic heterocycles. The van der Waals surface area contributed by atoms with Gasteiger partial charge in [0.1, 0.15) is 0 Å². The molecule has 0 bridgehead atoms. The average molecular weight is 648 g/mol. The first kappa shape index (κ1) is 43.4. The van der Waals surface area contributed by atoms with Crippen molar-refractivity contribution in [3.8, 4) is 0 Å². The Morgan fingerprint density at radius 3 is 0.614 bits per heavy atom. The smallest absolute Gasteiger partial charge is 0.0701 e. The maximum Gasteiger partial charge on any atom is 0.0701 e. The molecule has 0 heterocycles. The van der Waals surface area contributed by atoms with Crippen molar-refractivity contribution in [3.05, 3.63) is 0 Å². The lowest BCUT2D eigenvalue weighted by Gasteiger charge is -2.16. The zero-order valence-corrected chi connectivity index (χ0v) is 27.0. The van der Waals surface area contributed by atoms with Gasteiger partial charge in [0, 0.05) is 13.1 Å². The first-order chi connectivity index (χ1) is 21.8. The Balaban J connectivity index is 3.13. The lowest BCUT2D eigenvalue weighted by Crippen LogP contribution is -2.28. The standard InChI is InChI=1S/C29H61NO14/c1-30(2-6-33-10-14-37-18-22-41-24-20-39-16-12-35-8-4-31)3-7-34-11-15-38-19-23-42-26-28-44-29-27-43-25-21-40-17-13-36-9-5-32/h31-32H,2-29H2,1H3. The number of rotatable bonds is 40. The van der Waals surface area contributed by atoms with Gasteiger partial charge in [-0.1, -0.05) is 0 Å². The molecule has 44 heavy (non-hydrogen) atoms. The molecule has 0 fully saturated rings. The molecule has 15 nitrogen and oxygen atoms in total. The summed E-state index contributed by atoms with van der Waals surface area (Å²) in [5.41, 5.74) is 0. The minimum Gasteiger partial charge on any atom is -0.394 e. The van der Waals surface area contributed by atoms with E-state index in [1.54, 1.807) is 0 Å². The summed E-state index contributed by atoms with van der Waals surface area (Å²) >= 11 is 0. The maximum atomic E-state index is 8.58. The Labute approximate surface area is 264 Å².